The Kier molecular flexibility index (Phi) is 7.50. The molecule has 6 N–H and O–H groups in total. The Balaban J connectivity index is 1.95. The number of ketones is 4. The monoisotopic (exact) mass is 543 g/mol. The fourth-order valence-corrected chi connectivity index (χ4v) is 6.69. The van der Waals surface area contributed by atoms with Gasteiger partial charge in [-0.1, -0.05) is 19.1 Å². The molecule has 2 fully saturated rings. The predicted octanol–water partition coefficient (Wildman–Crippen LogP) is -0.921. The molecule has 2 unspecified atom stereocenters. The van der Waals surface area contributed by atoms with E-state index >= 15 is 0 Å². The number of ether oxygens (including phenoxy) is 1. The molecular formula is C27H33N3O9. The number of likely N-dealkylation sites (N-methyl/N-ethyl adjacent to an activating group) is 1. The van der Waals surface area contributed by atoms with Crippen LogP contribution in [0.4, 0.5) is 0 Å². The number of aliphatic hydroxyl groups is 1. The summed E-state index contributed by atoms with van der Waals surface area (Å²) in [6.07, 6.45) is -0.612. The van der Waals surface area contributed by atoms with Crippen LogP contribution >= 0.6 is 0 Å². The molecule has 0 aliphatic heterocycles. The van der Waals surface area contributed by atoms with E-state index in [0.717, 1.165) is 0 Å². The number of aromatic hydroxyl groups is 1. The second-order valence-corrected chi connectivity index (χ2v) is 10.8. The average molecular weight is 544 g/mol. The topological polar surface area (TPSA) is 207 Å². The van der Waals surface area contributed by atoms with Crippen molar-refractivity contribution in [2.24, 2.45) is 35.1 Å². The highest BCUT2D eigenvalue weighted by Crippen LogP contribution is 2.55. The van der Waals surface area contributed by atoms with Gasteiger partial charge in [-0.15, -0.1) is 0 Å². The first-order valence-corrected chi connectivity index (χ1v) is 12.9. The number of hydrogen-bond donors (Lipinski definition) is 4. The maximum absolute atomic E-state index is 14.1. The number of Topliss-reactive ketones (excluding diaryl/α,β-unsaturated/α-hetero) is 4. The van der Waals surface area contributed by atoms with Crippen molar-refractivity contribution < 1.29 is 43.7 Å². The third-order valence-electron chi connectivity index (χ3n) is 8.43. The van der Waals surface area contributed by atoms with Gasteiger partial charge in [-0.25, -0.2) is 0 Å². The maximum Gasteiger partial charge on any atom is 0.306 e. The highest BCUT2D eigenvalue weighted by atomic mass is 16.5. The normalized spacial score (nSPS) is 33.8. The highest BCUT2D eigenvalue weighted by Gasteiger charge is 2.74. The van der Waals surface area contributed by atoms with Gasteiger partial charge in [0, 0.05) is 12.3 Å². The molecule has 8 atom stereocenters. The lowest BCUT2D eigenvalue weighted by Crippen LogP contribution is -2.78. The van der Waals surface area contributed by atoms with E-state index in [4.69, 9.17) is 16.2 Å². The first-order chi connectivity index (χ1) is 18.3. The molecule has 12 heteroatoms. The lowest BCUT2D eigenvalue weighted by Gasteiger charge is -2.56. The molecule has 0 saturated heterocycles. The van der Waals surface area contributed by atoms with Gasteiger partial charge >= 0.3 is 5.97 Å². The van der Waals surface area contributed by atoms with Crippen molar-refractivity contribution in [2.45, 2.75) is 49.9 Å². The fraction of sp³-hybridized carbons (Fsp3) is 0.556. The summed E-state index contributed by atoms with van der Waals surface area (Å²) in [5.74, 6) is -14.1. The summed E-state index contributed by atoms with van der Waals surface area (Å²) in [7, 11) is 2.91. The van der Waals surface area contributed by atoms with E-state index in [2.05, 4.69) is 0 Å². The first kappa shape index (κ1) is 28.5. The Hall–Kier alpha value is -3.48. The van der Waals surface area contributed by atoms with Gasteiger partial charge in [-0.05, 0) is 51.0 Å². The van der Waals surface area contributed by atoms with E-state index in [0.29, 0.717) is 24.9 Å². The molecule has 39 heavy (non-hydrogen) atoms. The van der Waals surface area contributed by atoms with Crippen LogP contribution < -0.4 is 11.5 Å². The van der Waals surface area contributed by atoms with E-state index < -0.39 is 82.3 Å². The molecule has 12 nitrogen and oxygen atoms in total. The van der Waals surface area contributed by atoms with Gasteiger partial charge in [0.05, 0.1) is 23.4 Å². The number of esters is 1. The minimum Gasteiger partial charge on any atom is -0.507 e. The maximum atomic E-state index is 14.1. The van der Waals surface area contributed by atoms with Crippen molar-refractivity contribution in [1.82, 2.24) is 4.90 Å². The molecule has 2 saturated carbocycles. The lowest BCUT2D eigenvalue weighted by molar-refractivity contribution is -0.205. The van der Waals surface area contributed by atoms with Crippen LogP contribution in [0.25, 0.3) is 0 Å². The first-order valence-electron chi connectivity index (χ1n) is 12.9. The molecule has 1 aromatic carbocycles. The molecule has 0 spiro atoms. The SMILES string of the molecule is C[C@@H]1c2cccc(O)c2C(=O)C2C(=O)[C@@]3(O)C(=O)C(C(N)=O)C(=O)[C@H](N(C)C)[C@H]3[C@H](OC(=O)CCCCN)[C@H]21. The molecule has 0 aromatic heterocycles. The number of unbranched alkanes of at least 4 members (excludes halogenated alkanes) is 1. The van der Waals surface area contributed by atoms with E-state index in [1.165, 1.54) is 31.1 Å². The fourth-order valence-electron chi connectivity index (χ4n) is 6.69. The number of hydrogen-bond acceptors (Lipinski definition) is 11. The molecule has 1 amide bonds. The molecule has 210 valence electrons. The molecule has 0 radical (unpaired) electrons. The number of nitrogens with two attached hydrogens (primary N) is 2. The largest absolute Gasteiger partial charge is 0.507 e. The predicted molar refractivity (Wildman–Crippen MR) is 134 cm³/mol. The summed E-state index contributed by atoms with van der Waals surface area (Å²) in [6, 6.07) is 2.98. The molecule has 0 bridgehead atoms. The van der Waals surface area contributed by atoms with Gasteiger partial charge in [0.1, 0.15) is 11.9 Å². The molecule has 3 aliphatic carbocycles. The Bertz CT molecular complexity index is 1260. The summed E-state index contributed by atoms with van der Waals surface area (Å²) in [4.78, 5) is 81.5. The number of rotatable bonds is 7. The van der Waals surface area contributed by atoms with Crippen molar-refractivity contribution >= 4 is 35.0 Å². The Labute approximate surface area is 224 Å². The minimum atomic E-state index is -3.04. The number of amides is 1. The average Bonchev–Trinajstić information content (AvgIpc) is 2.85. The van der Waals surface area contributed by atoms with Crippen LogP contribution in [0.1, 0.15) is 48.0 Å². The molecule has 1 aromatic rings. The smallest absolute Gasteiger partial charge is 0.306 e. The van der Waals surface area contributed by atoms with Crippen molar-refractivity contribution in [3.63, 3.8) is 0 Å². The second-order valence-electron chi connectivity index (χ2n) is 10.8. The number of nitrogens with zero attached hydrogens (tertiary/aromatic N) is 1. The van der Waals surface area contributed by atoms with Gasteiger partial charge in [0.25, 0.3) is 0 Å². The van der Waals surface area contributed by atoms with Crippen LogP contribution in [0.3, 0.4) is 0 Å². The van der Waals surface area contributed by atoms with Crippen LogP contribution in [0, 0.1) is 23.7 Å². The van der Waals surface area contributed by atoms with Gasteiger partial charge in [-0.2, -0.15) is 0 Å². The van der Waals surface area contributed by atoms with Crippen molar-refractivity contribution in [1.29, 1.82) is 0 Å². The number of fused-ring (bicyclic) bond motifs is 3. The standard InChI is InChI=1S/C27H33N3O9/c1-11-12-7-6-8-13(31)16(12)21(33)17-15(11)23(39-14(32)9-4-5-10-28)19-20(30(2)3)22(34)18(26(29)37)25(36)27(19,38)24(17)35/h6-8,11,15,17-20,23,31,38H,4-5,9-10,28H2,1-3H3,(H2,29,37)/t11-,15+,17?,18?,19+,20-,23-,27-/m1/s1. The highest BCUT2D eigenvalue weighted by molar-refractivity contribution is 6.32. The summed E-state index contributed by atoms with van der Waals surface area (Å²) < 4.78 is 5.87. The third kappa shape index (κ3) is 4.17. The summed E-state index contributed by atoms with van der Waals surface area (Å²) in [5.41, 5.74) is 8.11. The Morgan fingerprint density at radius 2 is 1.77 bits per heavy atom. The second kappa shape index (κ2) is 10.2. The third-order valence-corrected chi connectivity index (χ3v) is 8.43. The number of carbonyl (C=O) groups excluding carboxylic acids is 6. The molecular weight excluding hydrogens is 510 g/mol. The molecule has 3 aliphatic rings. The van der Waals surface area contributed by atoms with E-state index in [1.54, 1.807) is 13.0 Å². The minimum absolute atomic E-state index is 0.0671. The summed E-state index contributed by atoms with van der Waals surface area (Å²) in [6.45, 7) is 2.02. The number of phenolic OH excluding ortho intramolecular Hbond substituents is 1. The zero-order valence-electron chi connectivity index (χ0n) is 22.0. The summed E-state index contributed by atoms with van der Waals surface area (Å²) in [5, 5.41) is 22.4. The van der Waals surface area contributed by atoms with Crippen LogP contribution in [0.2, 0.25) is 0 Å². The lowest BCUT2D eigenvalue weighted by atomic mass is 9.49. The van der Waals surface area contributed by atoms with Gasteiger partial charge in [0.2, 0.25) is 5.91 Å². The van der Waals surface area contributed by atoms with E-state index in [1.807, 2.05) is 0 Å². The molecule has 0 heterocycles. The summed E-state index contributed by atoms with van der Waals surface area (Å²) >= 11 is 0. The number of phenols is 1. The number of carbonyl (C=O) groups is 6. The van der Waals surface area contributed by atoms with Crippen molar-refractivity contribution in [3.8, 4) is 5.75 Å². The Morgan fingerprint density at radius 1 is 1.10 bits per heavy atom. The molecule has 4 rings (SSSR count). The zero-order chi connectivity index (χ0) is 29.0. The van der Waals surface area contributed by atoms with Gasteiger partial charge in [-0.3, -0.25) is 33.7 Å². The van der Waals surface area contributed by atoms with Crippen LogP contribution in [0.15, 0.2) is 18.2 Å². The zero-order valence-corrected chi connectivity index (χ0v) is 22.0. The van der Waals surface area contributed by atoms with Crippen molar-refractivity contribution in [3.05, 3.63) is 29.3 Å². The van der Waals surface area contributed by atoms with Crippen LogP contribution in [0.5, 0.6) is 5.75 Å². The van der Waals surface area contributed by atoms with Gasteiger partial charge < -0.3 is 26.4 Å². The number of primary amides is 1. The van der Waals surface area contributed by atoms with Crippen molar-refractivity contribution in [2.75, 3.05) is 20.6 Å². The number of benzene rings is 1. The van der Waals surface area contributed by atoms with E-state index in [9.17, 15) is 39.0 Å². The van der Waals surface area contributed by atoms with Crippen LogP contribution in [-0.4, -0.2) is 88.5 Å². The van der Waals surface area contributed by atoms with Crippen LogP contribution in [-0.2, 0) is 28.7 Å². The Morgan fingerprint density at radius 3 is 2.36 bits per heavy atom. The van der Waals surface area contributed by atoms with Gasteiger partial charge in [0.15, 0.2) is 34.7 Å². The van der Waals surface area contributed by atoms with E-state index in [-0.39, 0.29) is 17.7 Å². The quantitative estimate of drug-likeness (QED) is 0.188.